The van der Waals surface area contributed by atoms with Crippen LogP contribution in [0.4, 0.5) is 11.8 Å². The predicted molar refractivity (Wildman–Crippen MR) is 145 cm³/mol. The average Bonchev–Trinajstić information content (AvgIpc) is 3.38. The number of anilines is 2. The molecule has 6 rings (SSSR count). The molecule has 1 N–H and O–H groups in total. The second kappa shape index (κ2) is 9.50. The van der Waals surface area contributed by atoms with Gasteiger partial charge in [-0.25, -0.2) is 9.67 Å². The fourth-order valence-electron chi connectivity index (χ4n) is 4.69. The van der Waals surface area contributed by atoms with Gasteiger partial charge in [0.1, 0.15) is 5.52 Å². The first-order valence-corrected chi connectivity index (χ1v) is 12.5. The Kier molecular flexibility index (Phi) is 5.88. The molecule has 1 unspecified atom stereocenters. The van der Waals surface area contributed by atoms with Gasteiger partial charge >= 0.3 is 0 Å². The molecule has 1 atom stereocenters. The number of rotatable bonds is 5. The summed E-state index contributed by atoms with van der Waals surface area (Å²) in [6.07, 6.45) is 3.85. The number of nitrogens with zero attached hydrogens (tertiary/aromatic N) is 7. The molecular weight excluding hydrogens is 464 g/mol. The van der Waals surface area contributed by atoms with E-state index >= 15 is 0 Å². The molecular formula is C28H28N8O. The van der Waals surface area contributed by atoms with Gasteiger partial charge in [-0.1, -0.05) is 36.4 Å². The molecule has 0 spiro atoms. The maximum absolute atomic E-state index is 11.8. The molecule has 0 aliphatic carbocycles. The minimum atomic E-state index is -0.0560. The Morgan fingerprint density at radius 3 is 2.49 bits per heavy atom. The Bertz CT molecular complexity index is 1570. The smallest absolute Gasteiger partial charge is 0.228 e. The summed E-state index contributed by atoms with van der Waals surface area (Å²) in [6, 6.07) is 20.2. The van der Waals surface area contributed by atoms with E-state index in [2.05, 4.69) is 34.3 Å². The monoisotopic (exact) mass is 492 g/mol. The van der Waals surface area contributed by atoms with Gasteiger partial charge in [0.25, 0.3) is 0 Å². The van der Waals surface area contributed by atoms with Crippen molar-refractivity contribution in [2.75, 3.05) is 36.4 Å². The van der Waals surface area contributed by atoms with E-state index in [4.69, 9.17) is 15.1 Å². The van der Waals surface area contributed by atoms with Crippen molar-refractivity contribution in [3.63, 3.8) is 0 Å². The van der Waals surface area contributed by atoms with Crippen LogP contribution in [0, 0.1) is 0 Å². The highest BCUT2D eigenvalue weighted by Crippen LogP contribution is 2.28. The minimum absolute atomic E-state index is 0.0560. The third-order valence-corrected chi connectivity index (χ3v) is 6.84. The van der Waals surface area contributed by atoms with E-state index in [1.807, 2.05) is 70.5 Å². The highest BCUT2D eigenvalue weighted by Gasteiger charge is 2.23. The summed E-state index contributed by atoms with van der Waals surface area (Å²) in [5.41, 5.74) is 4.45. The fourth-order valence-corrected chi connectivity index (χ4v) is 4.69. The molecule has 4 heterocycles. The lowest BCUT2D eigenvalue weighted by Crippen LogP contribution is -2.48. The number of para-hydroxylation sites is 2. The number of amides is 1. The number of fused-ring (bicyclic) bond motifs is 2. The fraction of sp³-hybridized carbons (Fsp3) is 0.250. The van der Waals surface area contributed by atoms with Crippen molar-refractivity contribution in [3.05, 3.63) is 78.6 Å². The van der Waals surface area contributed by atoms with Gasteiger partial charge in [-0.15, -0.1) is 0 Å². The number of carbonyl (C=O) groups excluding carboxylic acids is 1. The lowest BCUT2D eigenvalue weighted by atomic mass is 10.1. The minimum Gasteiger partial charge on any atom is -0.361 e. The third-order valence-electron chi connectivity index (χ3n) is 6.84. The van der Waals surface area contributed by atoms with Gasteiger partial charge in [0.15, 0.2) is 11.3 Å². The summed E-state index contributed by atoms with van der Waals surface area (Å²) in [7, 11) is 0. The molecule has 2 aromatic carbocycles. The Balaban J connectivity index is 1.37. The van der Waals surface area contributed by atoms with Crippen molar-refractivity contribution in [1.29, 1.82) is 0 Å². The van der Waals surface area contributed by atoms with Crippen molar-refractivity contribution < 1.29 is 4.79 Å². The lowest BCUT2D eigenvalue weighted by Gasteiger charge is -2.34. The van der Waals surface area contributed by atoms with E-state index < -0.39 is 0 Å². The number of pyridine rings is 1. The molecule has 0 saturated carbocycles. The van der Waals surface area contributed by atoms with Crippen LogP contribution in [0.3, 0.4) is 0 Å². The largest absolute Gasteiger partial charge is 0.361 e. The normalized spacial score (nSPS) is 14.8. The molecule has 9 heteroatoms. The zero-order valence-corrected chi connectivity index (χ0v) is 20.9. The van der Waals surface area contributed by atoms with E-state index in [0.717, 1.165) is 27.7 Å². The predicted octanol–water partition coefficient (Wildman–Crippen LogP) is 4.21. The summed E-state index contributed by atoms with van der Waals surface area (Å²) in [5, 5.41) is 9.52. The summed E-state index contributed by atoms with van der Waals surface area (Å²) in [5.74, 6) is 1.40. The highest BCUT2D eigenvalue weighted by molar-refractivity contribution is 5.87. The molecule has 9 nitrogen and oxygen atoms in total. The van der Waals surface area contributed by atoms with Crippen LogP contribution in [0.25, 0.3) is 27.6 Å². The Morgan fingerprint density at radius 1 is 0.946 bits per heavy atom. The number of hydrogen-bond acceptors (Lipinski definition) is 7. The number of nitrogens with one attached hydrogen (secondary N) is 1. The number of aromatic nitrogens is 5. The Hall–Kier alpha value is -4.53. The number of piperazine rings is 1. The number of hydrogen-bond donors (Lipinski definition) is 1. The van der Waals surface area contributed by atoms with Crippen LogP contribution in [0.2, 0.25) is 0 Å². The van der Waals surface area contributed by atoms with E-state index in [0.29, 0.717) is 43.5 Å². The van der Waals surface area contributed by atoms with E-state index in [1.54, 1.807) is 6.92 Å². The van der Waals surface area contributed by atoms with Crippen molar-refractivity contribution in [3.8, 4) is 5.69 Å². The molecule has 0 bridgehead atoms. The standard InChI is InChI=1S/C28H28N8O/c1-19(22-16-21-8-6-7-11-24(21)29-17-22)30-27-26-25(18-36(33-26)23-9-4-3-5-10-23)31-28(32-27)35-14-12-34(13-15-35)20(2)37/h3-11,16-19H,12-15H2,1-2H3,(H,30,31,32). The van der Waals surface area contributed by atoms with Crippen LogP contribution < -0.4 is 10.2 Å². The van der Waals surface area contributed by atoms with Gasteiger partial charge in [-0.2, -0.15) is 10.1 Å². The zero-order valence-electron chi connectivity index (χ0n) is 20.9. The van der Waals surface area contributed by atoms with Crippen LogP contribution in [0.1, 0.15) is 25.5 Å². The van der Waals surface area contributed by atoms with Crippen molar-refractivity contribution in [2.45, 2.75) is 19.9 Å². The van der Waals surface area contributed by atoms with Crippen LogP contribution in [0.5, 0.6) is 0 Å². The van der Waals surface area contributed by atoms with Crippen molar-refractivity contribution >= 4 is 39.6 Å². The number of benzene rings is 2. The molecule has 1 amide bonds. The van der Waals surface area contributed by atoms with E-state index in [9.17, 15) is 4.79 Å². The van der Waals surface area contributed by atoms with Gasteiger partial charge in [-0.05, 0) is 36.8 Å². The second-order valence-electron chi connectivity index (χ2n) is 9.34. The second-order valence-corrected chi connectivity index (χ2v) is 9.34. The highest BCUT2D eigenvalue weighted by atomic mass is 16.2. The molecule has 37 heavy (non-hydrogen) atoms. The van der Waals surface area contributed by atoms with Gasteiger partial charge in [-0.3, -0.25) is 9.78 Å². The molecule has 1 aliphatic heterocycles. The van der Waals surface area contributed by atoms with Gasteiger partial charge in [0.2, 0.25) is 11.9 Å². The first-order chi connectivity index (χ1) is 18.0. The zero-order chi connectivity index (χ0) is 25.4. The third kappa shape index (κ3) is 4.55. The van der Waals surface area contributed by atoms with Crippen LogP contribution in [-0.4, -0.2) is 61.7 Å². The Labute approximate surface area is 214 Å². The van der Waals surface area contributed by atoms with Crippen LogP contribution >= 0.6 is 0 Å². The Morgan fingerprint density at radius 2 is 1.70 bits per heavy atom. The molecule has 3 aromatic heterocycles. The first kappa shape index (κ1) is 22.9. The lowest BCUT2D eigenvalue weighted by molar-refractivity contribution is -0.129. The van der Waals surface area contributed by atoms with E-state index in [1.165, 1.54) is 0 Å². The first-order valence-electron chi connectivity index (χ1n) is 12.5. The van der Waals surface area contributed by atoms with Gasteiger partial charge < -0.3 is 15.1 Å². The summed E-state index contributed by atoms with van der Waals surface area (Å²) < 4.78 is 1.84. The molecule has 186 valence electrons. The quantitative estimate of drug-likeness (QED) is 0.393. The molecule has 1 aliphatic rings. The van der Waals surface area contributed by atoms with E-state index in [-0.39, 0.29) is 11.9 Å². The number of carbonyl (C=O) groups is 1. The summed E-state index contributed by atoms with van der Waals surface area (Å²) in [6.45, 7) is 6.38. The molecule has 0 radical (unpaired) electrons. The maximum atomic E-state index is 11.8. The van der Waals surface area contributed by atoms with Crippen molar-refractivity contribution in [1.82, 2.24) is 29.6 Å². The van der Waals surface area contributed by atoms with Gasteiger partial charge in [0, 0.05) is 44.7 Å². The van der Waals surface area contributed by atoms with Crippen molar-refractivity contribution in [2.24, 2.45) is 0 Å². The summed E-state index contributed by atoms with van der Waals surface area (Å²) >= 11 is 0. The average molecular weight is 493 g/mol. The van der Waals surface area contributed by atoms with Crippen LogP contribution in [-0.2, 0) is 4.79 Å². The molecule has 1 fully saturated rings. The topological polar surface area (TPSA) is 92.1 Å². The molecule has 1 saturated heterocycles. The molecule has 5 aromatic rings. The SMILES string of the molecule is CC(=O)N1CCN(c2nc(NC(C)c3cnc4ccccc4c3)c3nn(-c4ccccc4)cc3n2)CC1. The summed E-state index contributed by atoms with van der Waals surface area (Å²) in [4.78, 5) is 30.2. The van der Waals surface area contributed by atoms with Gasteiger partial charge in [0.05, 0.1) is 23.4 Å². The van der Waals surface area contributed by atoms with Crippen LogP contribution in [0.15, 0.2) is 73.1 Å². The maximum Gasteiger partial charge on any atom is 0.228 e.